The molecule has 2 atom stereocenters. The van der Waals surface area contributed by atoms with Crippen LogP contribution in [0.2, 0.25) is 0 Å². The number of methoxy groups -OCH3 is 3. The number of para-hydroxylation sites is 1. The molecule has 0 aliphatic carbocycles. The third-order valence-corrected chi connectivity index (χ3v) is 6.99. The zero-order valence-electron chi connectivity index (χ0n) is 20.9. The third-order valence-electron chi connectivity index (χ3n) is 6.99. The number of aromatic carboxylic acids is 1. The van der Waals surface area contributed by atoms with Gasteiger partial charge in [0.1, 0.15) is 6.10 Å². The average molecular weight is 501 g/mol. The molecule has 0 fully saturated rings. The van der Waals surface area contributed by atoms with Gasteiger partial charge in [-0.15, -0.1) is 0 Å². The van der Waals surface area contributed by atoms with E-state index in [9.17, 15) is 14.7 Å². The molecule has 0 amide bonds. The molecular formula is C29H28N2O6. The number of ether oxygens (including phenoxy) is 3. The van der Waals surface area contributed by atoms with E-state index in [1.807, 2.05) is 59.2 Å². The van der Waals surface area contributed by atoms with Crippen LogP contribution < -0.4 is 0 Å². The van der Waals surface area contributed by atoms with Crippen LogP contribution in [0.25, 0.3) is 33.3 Å². The molecule has 1 aliphatic heterocycles. The van der Waals surface area contributed by atoms with Crippen molar-refractivity contribution in [3.8, 4) is 22.4 Å². The lowest BCUT2D eigenvalue weighted by Gasteiger charge is -2.35. The molecular weight excluding hydrogens is 472 g/mol. The van der Waals surface area contributed by atoms with E-state index in [1.165, 1.54) is 7.11 Å². The molecule has 5 rings (SSSR count). The molecule has 2 unspecified atom stereocenters. The SMILES string of the molecule is COC(=O)CCCc1c(-c2ccnc3ccccc23)c(C(=O)O)c2n1C(OC)C(OC)c1ccccc1-2. The number of esters is 1. The summed E-state index contributed by atoms with van der Waals surface area (Å²) >= 11 is 0. The Morgan fingerprint density at radius 1 is 0.973 bits per heavy atom. The van der Waals surface area contributed by atoms with Crippen molar-refractivity contribution < 1.29 is 28.9 Å². The Bertz CT molecular complexity index is 1490. The molecule has 2 aromatic carbocycles. The highest BCUT2D eigenvalue weighted by molar-refractivity contribution is 6.08. The highest BCUT2D eigenvalue weighted by Gasteiger charge is 2.41. The van der Waals surface area contributed by atoms with Gasteiger partial charge in [0.25, 0.3) is 0 Å². The maximum Gasteiger partial charge on any atom is 0.338 e. The number of pyridine rings is 1. The van der Waals surface area contributed by atoms with E-state index >= 15 is 0 Å². The topological polar surface area (TPSA) is 99.9 Å². The summed E-state index contributed by atoms with van der Waals surface area (Å²) in [5, 5.41) is 11.5. The summed E-state index contributed by atoms with van der Waals surface area (Å²) in [6.07, 6.45) is 1.74. The molecule has 8 heteroatoms. The maximum absolute atomic E-state index is 13.0. The van der Waals surface area contributed by atoms with Crippen molar-refractivity contribution in [1.29, 1.82) is 0 Å². The summed E-state index contributed by atoms with van der Waals surface area (Å²) < 4.78 is 18.7. The lowest BCUT2D eigenvalue weighted by Crippen LogP contribution is -2.28. The first-order valence-corrected chi connectivity index (χ1v) is 12.1. The minimum Gasteiger partial charge on any atom is -0.478 e. The monoisotopic (exact) mass is 500 g/mol. The van der Waals surface area contributed by atoms with Crippen molar-refractivity contribution in [3.63, 3.8) is 0 Å². The van der Waals surface area contributed by atoms with Crippen molar-refractivity contribution in [2.45, 2.75) is 31.6 Å². The Morgan fingerprint density at radius 3 is 2.46 bits per heavy atom. The lowest BCUT2D eigenvalue weighted by atomic mass is 9.91. The minimum atomic E-state index is -1.04. The number of benzene rings is 2. The zero-order chi connectivity index (χ0) is 26.1. The number of rotatable bonds is 8. The van der Waals surface area contributed by atoms with Gasteiger partial charge in [-0.3, -0.25) is 9.78 Å². The van der Waals surface area contributed by atoms with Gasteiger partial charge in [-0.05, 0) is 36.1 Å². The number of hydrogen-bond acceptors (Lipinski definition) is 6. The summed E-state index contributed by atoms with van der Waals surface area (Å²) in [7, 11) is 4.57. The van der Waals surface area contributed by atoms with Gasteiger partial charge in [0.05, 0.1) is 23.9 Å². The molecule has 2 aromatic heterocycles. The molecule has 0 saturated heterocycles. The van der Waals surface area contributed by atoms with Crippen LogP contribution in [0.5, 0.6) is 0 Å². The predicted octanol–water partition coefficient (Wildman–Crippen LogP) is 5.41. The van der Waals surface area contributed by atoms with E-state index in [2.05, 4.69) is 4.98 Å². The number of carbonyl (C=O) groups is 2. The number of nitrogens with zero attached hydrogens (tertiary/aromatic N) is 2. The standard InChI is InChI=1S/C29H28N2O6/c1-35-23(32)14-8-13-22-24(18-15-16-30-21-12-7-6-9-17(18)21)25(29(33)34)26-19-10-4-5-11-20(19)27(36-2)28(37-3)31(22)26/h4-7,9-12,15-16,27-28H,8,13-14H2,1-3H3,(H,33,34). The molecule has 3 heterocycles. The molecule has 0 saturated carbocycles. The van der Waals surface area contributed by atoms with Crippen LogP contribution in [-0.4, -0.2) is 47.9 Å². The predicted molar refractivity (Wildman–Crippen MR) is 138 cm³/mol. The quantitative estimate of drug-likeness (QED) is 0.323. The largest absolute Gasteiger partial charge is 0.478 e. The Balaban J connectivity index is 1.87. The molecule has 190 valence electrons. The molecule has 4 aromatic rings. The van der Waals surface area contributed by atoms with E-state index in [4.69, 9.17) is 14.2 Å². The lowest BCUT2D eigenvalue weighted by molar-refractivity contribution is -0.140. The average Bonchev–Trinajstić information content (AvgIpc) is 3.26. The fourth-order valence-corrected chi connectivity index (χ4v) is 5.47. The Kier molecular flexibility index (Phi) is 6.78. The van der Waals surface area contributed by atoms with E-state index in [-0.39, 0.29) is 18.0 Å². The van der Waals surface area contributed by atoms with Gasteiger partial charge in [-0.2, -0.15) is 0 Å². The number of carbonyl (C=O) groups excluding carboxylic acids is 1. The van der Waals surface area contributed by atoms with Crippen LogP contribution in [0, 0.1) is 0 Å². The Hall–Kier alpha value is -4.01. The minimum absolute atomic E-state index is 0.188. The number of hydrogen-bond donors (Lipinski definition) is 1. The molecule has 37 heavy (non-hydrogen) atoms. The van der Waals surface area contributed by atoms with Crippen molar-refractivity contribution in [2.75, 3.05) is 21.3 Å². The summed E-state index contributed by atoms with van der Waals surface area (Å²) in [5.41, 5.74) is 5.27. The Morgan fingerprint density at radius 2 is 1.73 bits per heavy atom. The summed E-state index contributed by atoms with van der Waals surface area (Å²) in [6.45, 7) is 0. The molecule has 0 spiro atoms. The first kappa shape index (κ1) is 24.7. The fourth-order valence-electron chi connectivity index (χ4n) is 5.47. The second-order valence-electron chi connectivity index (χ2n) is 8.90. The van der Waals surface area contributed by atoms with Crippen LogP contribution in [0.1, 0.15) is 46.8 Å². The van der Waals surface area contributed by atoms with E-state index in [0.29, 0.717) is 24.1 Å². The molecule has 1 aliphatic rings. The van der Waals surface area contributed by atoms with Crippen molar-refractivity contribution in [1.82, 2.24) is 9.55 Å². The van der Waals surface area contributed by atoms with Crippen molar-refractivity contribution in [2.24, 2.45) is 0 Å². The second-order valence-corrected chi connectivity index (χ2v) is 8.90. The highest BCUT2D eigenvalue weighted by Crippen LogP contribution is 2.50. The highest BCUT2D eigenvalue weighted by atomic mass is 16.5. The van der Waals surface area contributed by atoms with Crippen LogP contribution in [-0.2, 0) is 25.4 Å². The fraction of sp³-hybridized carbons (Fsp3) is 0.276. The van der Waals surface area contributed by atoms with Crippen molar-refractivity contribution >= 4 is 22.8 Å². The first-order valence-electron chi connectivity index (χ1n) is 12.1. The van der Waals surface area contributed by atoms with Crippen LogP contribution in [0.15, 0.2) is 60.8 Å². The van der Waals surface area contributed by atoms with Gasteiger partial charge in [0.15, 0.2) is 6.23 Å². The molecule has 1 N–H and O–H groups in total. The third kappa shape index (κ3) is 4.08. The summed E-state index contributed by atoms with van der Waals surface area (Å²) in [6, 6.07) is 17.2. The van der Waals surface area contributed by atoms with Gasteiger partial charge < -0.3 is 23.9 Å². The van der Waals surface area contributed by atoms with Crippen LogP contribution in [0.3, 0.4) is 0 Å². The van der Waals surface area contributed by atoms with Gasteiger partial charge in [0.2, 0.25) is 0 Å². The molecule has 8 nitrogen and oxygen atoms in total. The van der Waals surface area contributed by atoms with Crippen LogP contribution in [0.4, 0.5) is 0 Å². The van der Waals surface area contributed by atoms with Gasteiger partial charge in [-0.25, -0.2) is 4.79 Å². The smallest absolute Gasteiger partial charge is 0.338 e. The number of carboxylic acids is 1. The van der Waals surface area contributed by atoms with Gasteiger partial charge >= 0.3 is 11.9 Å². The number of fused-ring (bicyclic) bond motifs is 4. The first-order chi connectivity index (χ1) is 18.0. The van der Waals surface area contributed by atoms with E-state index in [1.54, 1.807) is 20.4 Å². The Labute approximate surface area is 214 Å². The normalized spacial score (nSPS) is 16.3. The number of carboxylic acid groups (broad SMARTS) is 1. The summed E-state index contributed by atoms with van der Waals surface area (Å²) in [5.74, 6) is -1.36. The maximum atomic E-state index is 13.0. The molecule has 0 bridgehead atoms. The molecule has 0 radical (unpaired) electrons. The zero-order valence-corrected chi connectivity index (χ0v) is 20.9. The van der Waals surface area contributed by atoms with Gasteiger partial charge in [0, 0.05) is 49.0 Å². The van der Waals surface area contributed by atoms with E-state index in [0.717, 1.165) is 33.3 Å². The summed E-state index contributed by atoms with van der Waals surface area (Å²) in [4.78, 5) is 29.4. The van der Waals surface area contributed by atoms with Gasteiger partial charge in [-0.1, -0.05) is 42.5 Å². The van der Waals surface area contributed by atoms with Crippen LogP contribution >= 0.6 is 0 Å². The van der Waals surface area contributed by atoms with Crippen molar-refractivity contribution in [3.05, 3.63) is 77.6 Å². The van der Waals surface area contributed by atoms with E-state index < -0.39 is 18.3 Å². The second kappa shape index (κ2) is 10.2. The number of aromatic nitrogens is 2.